The van der Waals surface area contributed by atoms with Gasteiger partial charge < -0.3 is 10.2 Å². The molecule has 2 saturated heterocycles. The Hall–Kier alpha value is 0.270. The fourth-order valence-corrected chi connectivity index (χ4v) is 3.76. The van der Waals surface area contributed by atoms with E-state index in [4.69, 9.17) is 0 Å². The summed E-state index contributed by atoms with van der Waals surface area (Å²) in [4.78, 5) is 2.46. The van der Waals surface area contributed by atoms with Crippen molar-refractivity contribution in [2.75, 3.05) is 32.4 Å². The van der Waals surface area contributed by atoms with Crippen molar-refractivity contribution in [2.45, 2.75) is 43.4 Å². The van der Waals surface area contributed by atoms with E-state index in [0.717, 1.165) is 11.3 Å². The summed E-state index contributed by atoms with van der Waals surface area (Å²) in [5.74, 6) is 1.39. The van der Waals surface area contributed by atoms with Gasteiger partial charge in [-0.15, -0.1) is 0 Å². The molecule has 2 atom stereocenters. The molecular formula is C12H24N2S. The van der Waals surface area contributed by atoms with E-state index in [9.17, 15) is 0 Å². The molecule has 2 unspecified atom stereocenters. The smallest absolute Gasteiger partial charge is 0.0172 e. The molecule has 0 aliphatic carbocycles. The second-order valence-corrected chi connectivity index (χ2v) is 6.38. The third kappa shape index (κ3) is 3.97. The predicted molar refractivity (Wildman–Crippen MR) is 68.6 cm³/mol. The van der Waals surface area contributed by atoms with Crippen molar-refractivity contribution in [2.24, 2.45) is 0 Å². The van der Waals surface area contributed by atoms with E-state index in [1.54, 1.807) is 0 Å². The maximum Gasteiger partial charge on any atom is 0.0172 e. The Morgan fingerprint density at radius 2 is 2.13 bits per heavy atom. The van der Waals surface area contributed by atoms with Crippen LogP contribution >= 0.6 is 11.8 Å². The molecule has 88 valence electrons. The van der Waals surface area contributed by atoms with Gasteiger partial charge in [-0.3, -0.25) is 0 Å². The first-order chi connectivity index (χ1) is 7.34. The minimum absolute atomic E-state index is 0.788. The Morgan fingerprint density at radius 1 is 1.20 bits per heavy atom. The minimum atomic E-state index is 0.788. The van der Waals surface area contributed by atoms with E-state index in [1.807, 2.05) is 0 Å². The van der Waals surface area contributed by atoms with E-state index in [0.29, 0.717) is 0 Å². The van der Waals surface area contributed by atoms with E-state index in [1.165, 1.54) is 57.5 Å². The van der Waals surface area contributed by atoms with Gasteiger partial charge >= 0.3 is 0 Å². The highest BCUT2D eigenvalue weighted by atomic mass is 32.2. The fourth-order valence-electron chi connectivity index (χ4n) is 2.55. The molecule has 0 aromatic carbocycles. The molecule has 3 heteroatoms. The van der Waals surface area contributed by atoms with E-state index >= 15 is 0 Å². The second kappa shape index (κ2) is 6.12. The largest absolute Gasteiger partial charge is 0.313 e. The monoisotopic (exact) mass is 228 g/mol. The highest BCUT2D eigenvalue weighted by Gasteiger charge is 2.18. The van der Waals surface area contributed by atoms with Gasteiger partial charge in [-0.2, -0.15) is 11.8 Å². The Balaban J connectivity index is 1.64. The third-order valence-corrected chi connectivity index (χ3v) is 5.01. The standard InChI is InChI=1S/C12H24N2S/c1-14-7-2-4-11(6-8-14)13-10-12-5-3-9-15-12/h11-13H,2-10H2,1H3. The van der Waals surface area contributed by atoms with Gasteiger partial charge in [0.25, 0.3) is 0 Å². The molecule has 0 radical (unpaired) electrons. The van der Waals surface area contributed by atoms with Crippen molar-refractivity contribution >= 4 is 11.8 Å². The molecule has 2 heterocycles. The van der Waals surface area contributed by atoms with Crippen LogP contribution in [0.25, 0.3) is 0 Å². The summed E-state index contributed by atoms with van der Waals surface area (Å²) in [7, 11) is 2.25. The zero-order chi connectivity index (χ0) is 10.5. The SMILES string of the molecule is CN1CCCC(NCC2CCCS2)CC1. The van der Waals surface area contributed by atoms with Crippen molar-refractivity contribution in [1.29, 1.82) is 0 Å². The number of nitrogens with zero attached hydrogens (tertiary/aromatic N) is 1. The van der Waals surface area contributed by atoms with Gasteiger partial charge in [-0.1, -0.05) is 0 Å². The average molecular weight is 228 g/mol. The zero-order valence-electron chi connectivity index (χ0n) is 9.87. The molecule has 2 nitrogen and oxygen atoms in total. The molecule has 0 aromatic rings. The third-order valence-electron chi connectivity index (χ3n) is 3.61. The van der Waals surface area contributed by atoms with Crippen LogP contribution in [0, 0.1) is 0 Å². The average Bonchev–Trinajstić information content (AvgIpc) is 2.66. The molecular weight excluding hydrogens is 204 g/mol. The van der Waals surface area contributed by atoms with Crippen molar-refractivity contribution in [3.05, 3.63) is 0 Å². The van der Waals surface area contributed by atoms with Crippen LogP contribution in [0.5, 0.6) is 0 Å². The van der Waals surface area contributed by atoms with Crippen molar-refractivity contribution in [1.82, 2.24) is 10.2 Å². The normalized spacial score (nSPS) is 34.2. The second-order valence-electron chi connectivity index (χ2n) is 4.97. The van der Waals surface area contributed by atoms with Gasteiger partial charge in [-0.05, 0) is 58.0 Å². The Kier molecular flexibility index (Phi) is 4.79. The quantitative estimate of drug-likeness (QED) is 0.795. The molecule has 0 saturated carbocycles. The number of hydrogen-bond donors (Lipinski definition) is 1. The molecule has 2 rings (SSSR count). The van der Waals surface area contributed by atoms with Gasteiger partial charge in [0.15, 0.2) is 0 Å². The van der Waals surface area contributed by atoms with Gasteiger partial charge in [0.1, 0.15) is 0 Å². The van der Waals surface area contributed by atoms with Crippen LogP contribution in [-0.2, 0) is 0 Å². The highest BCUT2D eigenvalue weighted by Crippen LogP contribution is 2.25. The molecule has 0 spiro atoms. The lowest BCUT2D eigenvalue weighted by molar-refractivity contribution is 0.343. The molecule has 2 aliphatic rings. The van der Waals surface area contributed by atoms with Crippen LogP contribution in [0.15, 0.2) is 0 Å². The van der Waals surface area contributed by atoms with Crippen molar-refractivity contribution < 1.29 is 0 Å². The first kappa shape index (κ1) is 11.7. The Labute approximate surface area is 98.2 Å². The molecule has 2 fully saturated rings. The van der Waals surface area contributed by atoms with E-state index < -0.39 is 0 Å². The maximum atomic E-state index is 3.78. The Bertz CT molecular complexity index is 180. The van der Waals surface area contributed by atoms with Crippen LogP contribution in [-0.4, -0.2) is 48.6 Å². The molecule has 0 amide bonds. The maximum absolute atomic E-state index is 3.78. The van der Waals surface area contributed by atoms with E-state index in [-0.39, 0.29) is 0 Å². The zero-order valence-corrected chi connectivity index (χ0v) is 10.7. The predicted octanol–water partition coefficient (Wildman–Crippen LogP) is 1.96. The molecule has 0 bridgehead atoms. The fraction of sp³-hybridized carbons (Fsp3) is 1.00. The molecule has 2 aliphatic heterocycles. The van der Waals surface area contributed by atoms with Crippen molar-refractivity contribution in [3.8, 4) is 0 Å². The van der Waals surface area contributed by atoms with Crippen molar-refractivity contribution in [3.63, 3.8) is 0 Å². The van der Waals surface area contributed by atoms with Crippen LogP contribution in [0.1, 0.15) is 32.1 Å². The van der Waals surface area contributed by atoms with Gasteiger partial charge in [0.2, 0.25) is 0 Å². The number of nitrogens with one attached hydrogen (secondary N) is 1. The summed E-state index contributed by atoms with van der Waals surface area (Å²) in [6.07, 6.45) is 6.95. The van der Waals surface area contributed by atoms with Crippen LogP contribution in [0.4, 0.5) is 0 Å². The number of hydrogen-bond acceptors (Lipinski definition) is 3. The molecule has 1 N–H and O–H groups in total. The topological polar surface area (TPSA) is 15.3 Å². The van der Waals surface area contributed by atoms with Gasteiger partial charge in [0, 0.05) is 17.8 Å². The summed E-state index contributed by atoms with van der Waals surface area (Å²) in [6.45, 7) is 3.81. The first-order valence-electron chi connectivity index (χ1n) is 6.38. The number of rotatable bonds is 3. The summed E-state index contributed by atoms with van der Waals surface area (Å²) < 4.78 is 0. The van der Waals surface area contributed by atoms with Crippen LogP contribution in [0.3, 0.4) is 0 Å². The van der Waals surface area contributed by atoms with Gasteiger partial charge in [0.05, 0.1) is 0 Å². The van der Waals surface area contributed by atoms with E-state index in [2.05, 4.69) is 29.0 Å². The lowest BCUT2D eigenvalue weighted by Gasteiger charge is -2.19. The van der Waals surface area contributed by atoms with Crippen LogP contribution in [0.2, 0.25) is 0 Å². The Morgan fingerprint density at radius 3 is 2.93 bits per heavy atom. The lowest BCUT2D eigenvalue weighted by atomic mass is 10.1. The number of likely N-dealkylation sites (tertiary alicyclic amines) is 1. The highest BCUT2D eigenvalue weighted by molar-refractivity contribution is 8.00. The number of thioether (sulfide) groups is 1. The molecule has 0 aromatic heterocycles. The summed E-state index contributed by atoms with van der Waals surface area (Å²) in [6, 6.07) is 0.788. The lowest BCUT2D eigenvalue weighted by Crippen LogP contribution is -2.34. The molecule has 15 heavy (non-hydrogen) atoms. The first-order valence-corrected chi connectivity index (χ1v) is 7.43. The summed E-state index contributed by atoms with van der Waals surface area (Å²) >= 11 is 2.16. The summed E-state index contributed by atoms with van der Waals surface area (Å²) in [5.41, 5.74) is 0. The van der Waals surface area contributed by atoms with Crippen LogP contribution < -0.4 is 5.32 Å². The summed E-state index contributed by atoms with van der Waals surface area (Å²) in [5, 5.41) is 4.68. The minimum Gasteiger partial charge on any atom is -0.313 e. The van der Waals surface area contributed by atoms with Gasteiger partial charge in [-0.25, -0.2) is 0 Å².